The average Bonchev–Trinajstić information content (AvgIpc) is 2.64. The quantitative estimate of drug-likeness (QED) is 0.587. The van der Waals surface area contributed by atoms with Gasteiger partial charge in [-0.2, -0.15) is 0 Å². The van der Waals surface area contributed by atoms with Gasteiger partial charge in [-0.05, 0) is 81.1 Å². The lowest BCUT2D eigenvalue weighted by atomic mass is 10.0. The van der Waals surface area contributed by atoms with Crippen molar-refractivity contribution in [3.05, 3.63) is 88.0 Å². The van der Waals surface area contributed by atoms with Crippen LogP contribution in [0, 0.1) is 34.6 Å². The molecule has 3 rings (SSSR count). The first-order valence-electron chi connectivity index (χ1n) is 9.66. The molecule has 5 nitrogen and oxygen atoms in total. The SMILES string of the molecule is Cc1cccc(NS(=O)(=O)c2cc(C(=O)Nc3c(C)cc(C)cc3C)ccc2C)c1. The zero-order chi connectivity index (χ0) is 22.1. The molecule has 0 aliphatic carbocycles. The Morgan fingerprint density at radius 3 is 2.07 bits per heavy atom. The fraction of sp³-hybridized carbons (Fsp3) is 0.208. The second-order valence-electron chi connectivity index (χ2n) is 7.68. The molecule has 2 N–H and O–H groups in total. The fourth-order valence-corrected chi connectivity index (χ4v) is 4.83. The monoisotopic (exact) mass is 422 g/mol. The van der Waals surface area contributed by atoms with E-state index in [2.05, 4.69) is 10.0 Å². The molecule has 0 aliphatic rings. The molecule has 0 fully saturated rings. The van der Waals surface area contributed by atoms with Gasteiger partial charge < -0.3 is 5.32 Å². The lowest BCUT2D eigenvalue weighted by Crippen LogP contribution is -2.18. The molecule has 0 radical (unpaired) electrons. The summed E-state index contributed by atoms with van der Waals surface area (Å²) in [6, 6.07) is 15.8. The number of carbonyl (C=O) groups excluding carboxylic acids is 1. The third kappa shape index (κ3) is 4.71. The minimum atomic E-state index is -3.84. The zero-order valence-electron chi connectivity index (χ0n) is 17.8. The van der Waals surface area contributed by atoms with Crippen LogP contribution in [0.3, 0.4) is 0 Å². The molecule has 0 atom stereocenters. The summed E-state index contributed by atoms with van der Waals surface area (Å²) < 4.78 is 28.5. The number of rotatable bonds is 5. The van der Waals surface area contributed by atoms with Crippen LogP contribution in [-0.4, -0.2) is 14.3 Å². The second kappa shape index (κ2) is 8.32. The minimum absolute atomic E-state index is 0.0778. The van der Waals surface area contributed by atoms with Crippen LogP contribution in [0.4, 0.5) is 11.4 Å². The van der Waals surface area contributed by atoms with Crippen molar-refractivity contribution in [3.8, 4) is 0 Å². The van der Waals surface area contributed by atoms with Gasteiger partial charge in [-0.25, -0.2) is 8.42 Å². The van der Waals surface area contributed by atoms with Crippen LogP contribution >= 0.6 is 0 Å². The highest BCUT2D eigenvalue weighted by molar-refractivity contribution is 7.92. The number of hydrogen-bond acceptors (Lipinski definition) is 3. The first kappa shape index (κ1) is 21.6. The maximum absolute atomic E-state index is 13.0. The van der Waals surface area contributed by atoms with E-state index in [9.17, 15) is 13.2 Å². The third-order valence-corrected chi connectivity index (χ3v) is 6.45. The molecule has 0 unspecified atom stereocenters. The average molecular weight is 423 g/mol. The molecule has 0 aromatic heterocycles. The Kier molecular flexibility index (Phi) is 5.99. The molecule has 6 heteroatoms. The van der Waals surface area contributed by atoms with E-state index in [1.165, 1.54) is 6.07 Å². The number of carbonyl (C=O) groups is 1. The molecule has 3 aromatic carbocycles. The molecule has 30 heavy (non-hydrogen) atoms. The van der Waals surface area contributed by atoms with E-state index in [0.717, 1.165) is 27.9 Å². The van der Waals surface area contributed by atoms with E-state index in [4.69, 9.17) is 0 Å². The Morgan fingerprint density at radius 1 is 0.767 bits per heavy atom. The molecule has 0 heterocycles. The van der Waals surface area contributed by atoms with Crippen molar-refractivity contribution in [2.45, 2.75) is 39.5 Å². The Labute approximate surface area is 178 Å². The van der Waals surface area contributed by atoms with Crippen LogP contribution in [0.2, 0.25) is 0 Å². The van der Waals surface area contributed by atoms with Crippen LogP contribution in [-0.2, 0) is 10.0 Å². The number of anilines is 2. The number of aryl methyl sites for hydroxylation is 5. The molecule has 0 aliphatic heterocycles. The largest absolute Gasteiger partial charge is 0.322 e. The van der Waals surface area contributed by atoms with Crippen molar-refractivity contribution in [1.29, 1.82) is 0 Å². The number of sulfonamides is 1. The van der Waals surface area contributed by atoms with Gasteiger partial charge in [0, 0.05) is 16.9 Å². The lowest BCUT2D eigenvalue weighted by Gasteiger charge is -2.15. The molecule has 0 saturated carbocycles. The van der Waals surface area contributed by atoms with Gasteiger partial charge in [0.15, 0.2) is 0 Å². The van der Waals surface area contributed by atoms with E-state index in [1.807, 2.05) is 45.9 Å². The Bertz CT molecular complexity index is 1210. The predicted molar refractivity (Wildman–Crippen MR) is 122 cm³/mol. The van der Waals surface area contributed by atoms with Crippen molar-refractivity contribution < 1.29 is 13.2 Å². The summed E-state index contributed by atoms with van der Waals surface area (Å²) in [4.78, 5) is 12.9. The van der Waals surface area contributed by atoms with Crippen LogP contribution in [0.15, 0.2) is 59.5 Å². The molecule has 1 amide bonds. The third-order valence-electron chi connectivity index (χ3n) is 4.93. The highest BCUT2D eigenvalue weighted by Crippen LogP contribution is 2.25. The van der Waals surface area contributed by atoms with Gasteiger partial charge in [-0.15, -0.1) is 0 Å². The van der Waals surface area contributed by atoms with Gasteiger partial charge in [0.2, 0.25) is 0 Å². The molecule has 156 valence electrons. The van der Waals surface area contributed by atoms with Gasteiger partial charge in [0.1, 0.15) is 0 Å². The van der Waals surface area contributed by atoms with Gasteiger partial charge >= 0.3 is 0 Å². The van der Waals surface area contributed by atoms with Crippen molar-refractivity contribution in [3.63, 3.8) is 0 Å². The molecular formula is C24H26N2O3S. The summed E-state index contributed by atoms with van der Waals surface area (Å²) in [5.41, 5.74) is 6.06. The summed E-state index contributed by atoms with van der Waals surface area (Å²) >= 11 is 0. The number of benzene rings is 3. The summed E-state index contributed by atoms with van der Waals surface area (Å²) in [5, 5.41) is 2.92. The molecule has 3 aromatic rings. The van der Waals surface area contributed by atoms with Gasteiger partial charge in [0.05, 0.1) is 4.90 Å². The Morgan fingerprint density at radius 2 is 1.43 bits per heavy atom. The van der Waals surface area contributed by atoms with Crippen molar-refractivity contribution >= 4 is 27.3 Å². The maximum Gasteiger partial charge on any atom is 0.262 e. The van der Waals surface area contributed by atoms with Crippen LogP contribution in [0.5, 0.6) is 0 Å². The first-order valence-corrected chi connectivity index (χ1v) is 11.1. The van der Waals surface area contributed by atoms with E-state index in [-0.39, 0.29) is 16.4 Å². The van der Waals surface area contributed by atoms with Crippen molar-refractivity contribution in [1.82, 2.24) is 0 Å². The summed E-state index contributed by atoms with van der Waals surface area (Å²) in [5.74, 6) is -0.350. The van der Waals surface area contributed by atoms with E-state index in [0.29, 0.717) is 11.3 Å². The molecular weight excluding hydrogens is 396 g/mol. The predicted octanol–water partition coefficient (Wildman–Crippen LogP) is 5.28. The number of nitrogens with one attached hydrogen (secondary N) is 2. The van der Waals surface area contributed by atoms with Crippen molar-refractivity contribution in [2.24, 2.45) is 0 Å². The Hall–Kier alpha value is -3.12. The van der Waals surface area contributed by atoms with E-state index in [1.54, 1.807) is 37.3 Å². The second-order valence-corrected chi connectivity index (χ2v) is 9.33. The summed E-state index contributed by atoms with van der Waals surface area (Å²) in [6.45, 7) is 9.48. The van der Waals surface area contributed by atoms with Crippen molar-refractivity contribution in [2.75, 3.05) is 10.0 Å². The highest BCUT2D eigenvalue weighted by atomic mass is 32.2. The molecule has 0 saturated heterocycles. The smallest absolute Gasteiger partial charge is 0.262 e. The fourth-order valence-electron chi connectivity index (χ4n) is 3.51. The highest BCUT2D eigenvalue weighted by Gasteiger charge is 2.20. The first-order chi connectivity index (χ1) is 14.1. The molecule has 0 bridgehead atoms. The van der Waals surface area contributed by atoms with Gasteiger partial charge in [-0.3, -0.25) is 9.52 Å². The minimum Gasteiger partial charge on any atom is -0.322 e. The normalized spacial score (nSPS) is 11.2. The summed E-state index contributed by atoms with van der Waals surface area (Å²) in [7, 11) is -3.84. The van der Waals surface area contributed by atoms with E-state index < -0.39 is 10.0 Å². The number of hydrogen-bond donors (Lipinski definition) is 2. The Balaban J connectivity index is 1.92. The lowest BCUT2D eigenvalue weighted by molar-refractivity contribution is 0.102. The zero-order valence-corrected chi connectivity index (χ0v) is 18.6. The van der Waals surface area contributed by atoms with Crippen LogP contribution < -0.4 is 10.0 Å². The standard InChI is InChI=1S/C24H26N2O3S/c1-15-7-6-8-21(13-15)26-30(28,29)22-14-20(10-9-17(22)3)24(27)25-23-18(4)11-16(2)12-19(23)5/h6-14,26H,1-5H3,(H,25,27). The number of amides is 1. The van der Waals surface area contributed by atoms with E-state index >= 15 is 0 Å². The maximum atomic E-state index is 13.0. The summed E-state index contributed by atoms with van der Waals surface area (Å²) in [6.07, 6.45) is 0. The molecule has 0 spiro atoms. The van der Waals surface area contributed by atoms with Crippen LogP contribution in [0.1, 0.15) is 38.2 Å². The van der Waals surface area contributed by atoms with Gasteiger partial charge in [-0.1, -0.05) is 35.9 Å². The van der Waals surface area contributed by atoms with Crippen LogP contribution in [0.25, 0.3) is 0 Å². The van der Waals surface area contributed by atoms with Gasteiger partial charge in [0.25, 0.3) is 15.9 Å². The topological polar surface area (TPSA) is 75.3 Å².